The summed E-state index contributed by atoms with van der Waals surface area (Å²) in [6, 6.07) is 28.9. The molecule has 0 heterocycles. The fourth-order valence-corrected chi connectivity index (χ4v) is 11.4. The molecule has 0 aromatic heterocycles. The highest BCUT2D eigenvalue weighted by Gasteiger charge is 2.43. The highest BCUT2D eigenvalue weighted by molar-refractivity contribution is 5.38. The van der Waals surface area contributed by atoms with Gasteiger partial charge in [-0.05, 0) is 195 Å². The van der Waals surface area contributed by atoms with Crippen molar-refractivity contribution < 1.29 is 14.2 Å². The van der Waals surface area contributed by atoms with Crippen molar-refractivity contribution in [1.29, 1.82) is 0 Å². The maximum atomic E-state index is 13.5. The van der Waals surface area contributed by atoms with E-state index in [-0.39, 0.29) is 23.8 Å². The van der Waals surface area contributed by atoms with Gasteiger partial charge in [0.1, 0.15) is 11.9 Å². The highest BCUT2D eigenvalue weighted by atomic mass is 19.1. The molecule has 4 aliphatic rings. The van der Waals surface area contributed by atoms with Crippen LogP contribution in [0.15, 0.2) is 84.9 Å². The average molecular weight is 793 g/mol. The van der Waals surface area contributed by atoms with E-state index in [1.165, 1.54) is 74.1 Å². The van der Waals surface area contributed by atoms with E-state index in [4.69, 9.17) is 29.1 Å². The quantitative estimate of drug-likeness (QED) is 0.147. The van der Waals surface area contributed by atoms with Crippen molar-refractivity contribution in [2.24, 2.45) is 41.1 Å². The fraction of sp³-hybridized carbons (Fsp3) is 0.481. The number of terminal acetylenes is 2. The lowest BCUT2D eigenvalue weighted by molar-refractivity contribution is 0.0988. The van der Waals surface area contributed by atoms with Gasteiger partial charge in [-0.25, -0.2) is 4.39 Å². The molecular formula is C54H65FN2O2. The van der Waals surface area contributed by atoms with E-state index >= 15 is 0 Å². The van der Waals surface area contributed by atoms with Gasteiger partial charge in [0.15, 0.2) is 11.6 Å². The maximum absolute atomic E-state index is 13.5. The van der Waals surface area contributed by atoms with Crippen LogP contribution in [0.3, 0.4) is 0 Å². The Morgan fingerprint density at radius 1 is 0.695 bits per heavy atom. The van der Waals surface area contributed by atoms with Crippen LogP contribution in [0.1, 0.15) is 135 Å². The first-order valence-electron chi connectivity index (χ1n) is 22.5. The van der Waals surface area contributed by atoms with Gasteiger partial charge in [0.2, 0.25) is 0 Å². The van der Waals surface area contributed by atoms with Crippen molar-refractivity contribution in [3.63, 3.8) is 0 Å². The zero-order valence-corrected chi connectivity index (χ0v) is 35.3. The number of aromatic hydroxyl groups is 1. The Hall–Kier alpha value is -4.55. The molecule has 59 heavy (non-hydrogen) atoms. The van der Waals surface area contributed by atoms with Gasteiger partial charge >= 0.3 is 0 Å². The number of phenols is 1. The van der Waals surface area contributed by atoms with Crippen molar-refractivity contribution >= 4 is 0 Å². The molecule has 0 spiro atoms. The summed E-state index contributed by atoms with van der Waals surface area (Å²) in [5.41, 5.74) is 21.4. The molecule has 4 saturated carbocycles. The van der Waals surface area contributed by atoms with Crippen LogP contribution in [0.5, 0.6) is 11.5 Å². The van der Waals surface area contributed by atoms with Gasteiger partial charge in [0.25, 0.3) is 0 Å². The smallest absolute Gasteiger partial charge is 0.164 e. The van der Waals surface area contributed by atoms with E-state index in [0.717, 1.165) is 78.7 Å². The molecule has 5 N–H and O–H groups in total. The topological polar surface area (TPSA) is 81.5 Å². The summed E-state index contributed by atoms with van der Waals surface area (Å²) in [5.74, 6) is 9.51. The Bertz CT molecular complexity index is 2080. The van der Waals surface area contributed by atoms with E-state index in [9.17, 15) is 9.50 Å². The van der Waals surface area contributed by atoms with Crippen molar-refractivity contribution in [2.75, 3.05) is 0 Å². The summed E-state index contributed by atoms with van der Waals surface area (Å²) < 4.78 is 20.0. The second kappa shape index (κ2) is 19.7. The number of halogens is 1. The number of phenolic OH excluding ortho intramolecular Hbond substituents is 1. The molecule has 4 aliphatic carbocycles. The van der Waals surface area contributed by atoms with Crippen LogP contribution in [0, 0.1) is 67.0 Å². The number of hydrogen-bond acceptors (Lipinski definition) is 4. The highest BCUT2D eigenvalue weighted by Crippen LogP contribution is 2.51. The van der Waals surface area contributed by atoms with Crippen molar-refractivity contribution in [3.8, 4) is 36.2 Å². The van der Waals surface area contributed by atoms with E-state index in [1.54, 1.807) is 17.7 Å². The minimum Gasteiger partial charge on any atom is -0.505 e. The molecule has 4 aromatic rings. The van der Waals surface area contributed by atoms with Crippen molar-refractivity contribution in [3.05, 3.63) is 130 Å². The molecule has 5 heteroatoms. The Kier molecular flexibility index (Phi) is 14.2. The summed E-state index contributed by atoms with van der Waals surface area (Å²) in [6.07, 6.45) is 27.4. The van der Waals surface area contributed by atoms with Crippen LogP contribution < -0.4 is 16.2 Å². The third-order valence-electron chi connectivity index (χ3n) is 14.6. The molecule has 310 valence electrons. The lowest BCUT2D eigenvalue weighted by Gasteiger charge is -2.34. The predicted octanol–water partition coefficient (Wildman–Crippen LogP) is 11.4. The SMILES string of the molecule is C#Cc1ccc(CC2CC(c3ccc(C)c(CC)c3)CC2C2CCCC(N)C2)cc1.C#Cc1ccc(OC2CC(c3ccc(F)c(O)c3)CC2C2CCCC(N)C2)cc1. The van der Waals surface area contributed by atoms with E-state index in [2.05, 4.69) is 68.2 Å². The van der Waals surface area contributed by atoms with Gasteiger partial charge in [-0.1, -0.05) is 74.4 Å². The standard InChI is InChI=1S/C29H37N.C25H28FNO2/c1-4-21-10-12-22(13-11-21)15-27-17-26(24-14-9-20(3)23(5-2)16-24)19-29(27)25-7-6-8-28(30)18-25;1-2-16-6-9-21(10-7-16)29-25-15-19(17-8-11-23(26)24(28)14-17)13-22(25)18-4-3-5-20(27)12-18/h1,9-14,16,25-29H,5-8,15,17-19,30H2,2-3H3;1,6-11,14,18-20,22,25,28H,3-5,12-13,15,27H2. The lowest BCUT2D eigenvalue weighted by atomic mass is 9.72. The van der Waals surface area contributed by atoms with Crippen LogP contribution in [0.25, 0.3) is 0 Å². The van der Waals surface area contributed by atoms with E-state index in [1.807, 2.05) is 24.3 Å². The summed E-state index contributed by atoms with van der Waals surface area (Å²) in [5, 5.41) is 9.82. The molecule has 0 saturated heterocycles. The van der Waals surface area contributed by atoms with Crippen LogP contribution in [0.2, 0.25) is 0 Å². The van der Waals surface area contributed by atoms with Gasteiger partial charge in [-0.3, -0.25) is 0 Å². The average Bonchev–Trinajstić information content (AvgIpc) is 3.87. The van der Waals surface area contributed by atoms with Crippen LogP contribution >= 0.6 is 0 Å². The molecule has 0 aliphatic heterocycles. The van der Waals surface area contributed by atoms with Crippen LogP contribution in [-0.4, -0.2) is 23.3 Å². The fourth-order valence-electron chi connectivity index (χ4n) is 11.4. The van der Waals surface area contributed by atoms with Gasteiger partial charge < -0.3 is 21.3 Å². The first kappa shape index (κ1) is 42.6. The second-order valence-electron chi connectivity index (χ2n) is 18.4. The minimum absolute atomic E-state index is 0.0687. The van der Waals surface area contributed by atoms with Crippen molar-refractivity contribution in [1.82, 2.24) is 0 Å². The Morgan fingerprint density at radius 2 is 1.27 bits per heavy atom. The number of nitrogens with two attached hydrogens (primary N) is 2. The normalized spacial score (nSPS) is 29.1. The predicted molar refractivity (Wildman–Crippen MR) is 240 cm³/mol. The molecule has 4 fully saturated rings. The first-order chi connectivity index (χ1) is 28.6. The first-order valence-corrected chi connectivity index (χ1v) is 22.5. The Morgan fingerprint density at radius 3 is 1.88 bits per heavy atom. The minimum atomic E-state index is -0.581. The molecule has 10 unspecified atom stereocenters. The molecule has 0 radical (unpaired) electrons. The summed E-state index contributed by atoms with van der Waals surface area (Å²) >= 11 is 0. The number of hydrogen-bond donors (Lipinski definition) is 3. The van der Waals surface area contributed by atoms with E-state index < -0.39 is 5.82 Å². The molecule has 0 amide bonds. The van der Waals surface area contributed by atoms with E-state index in [0.29, 0.717) is 23.8 Å². The molecular weight excluding hydrogens is 728 g/mol. The number of ether oxygens (including phenoxy) is 1. The number of benzene rings is 4. The number of aryl methyl sites for hydroxylation is 2. The van der Waals surface area contributed by atoms with Gasteiger partial charge in [0, 0.05) is 23.2 Å². The number of rotatable bonds is 9. The Labute approximate surface area is 353 Å². The monoisotopic (exact) mass is 793 g/mol. The maximum Gasteiger partial charge on any atom is 0.164 e. The molecule has 4 aromatic carbocycles. The van der Waals surface area contributed by atoms with Crippen LogP contribution in [-0.2, 0) is 12.8 Å². The molecule has 10 atom stereocenters. The van der Waals surface area contributed by atoms with Crippen LogP contribution in [0.4, 0.5) is 4.39 Å². The zero-order chi connectivity index (χ0) is 41.5. The van der Waals surface area contributed by atoms with Gasteiger partial charge in [-0.2, -0.15) is 0 Å². The molecule has 8 rings (SSSR count). The van der Waals surface area contributed by atoms with Gasteiger partial charge in [0.05, 0.1) is 0 Å². The largest absolute Gasteiger partial charge is 0.505 e. The molecule has 0 bridgehead atoms. The summed E-state index contributed by atoms with van der Waals surface area (Å²) in [6.45, 7) is 4.52. The van der Waals surface area contributed by atoms with Crippen molar-refractivity contribution in [2.45, 2.75) is 134 Å². The van der Waals surface area contributed by atoms with Gasteiger partial charge in [-0.15, -0.1) is 12.8 Å². The zero-order valence-electron chi connectivity index (χ0n) is 35.3. The Balaban J connectivity index is 0.000000179. The summed E-state index contributed by atoms with van der Waals surface area (Å²) in [4.78, 5) is 0. The third-order valence-corrected chi connectivity index (χ3v) is 14.6. The summed E-state index contributed by atoms with van der Waals surface area (Å²) in [7, 11) is 0. The molecule has 4 nitrogen and oxygen atoms in total. The lowest BCUT2D eigenvalue weighted by Crippen LogP contribution is -2.35. The second-order valence-corrected chi connectivity index (χ2v) is 18.4. The third kappa shape index (κ3) is 10.6.